The number of hydrogen-bond acceptors (Lipinski definition) is 5. The van der Waals surface area contributed by atoms with Gasteiger partial charge in [-0.25, -0.2) is 14.8 Å². The second-order valence-corrected chi connectivity index (χ2v) is 9.25. The van der Waals surface area contributed by atoms with Crippen molar-refractivity contribution in [1.82, 2.24) is 19.8 Å². The van der Waals surface area contributed by atoms with Crippen molar-refractivity contribution in [2.24, 2.45) is 5.92 Å². The topological polar surface area (TPSA) is 81.7 Å². The number of aryl methyl sites for hydroxylation is 1. The molecule has 2 fully saturated rings. The summed E-state index contributed by atoms with van der Waals surface area (Å²) in [6, 6.07) is 11.4. The number of piperazine rings is 1. The van der Waals surface area contributed by atoms with Crippen LogP contribution >= 0.6 is 0 Å². The second kappa shape index (κ2) is 10.2. The number of para-hydroxylation sites is 1. The summed E-state index contributed by atoms with van der Waals surface area (Å²) in [5.41, 5.74) is 1.77. The smallest absolute Gasteiger partial charge is 0.321 e. The fraction of sp³-hybridized carbons (Fsp3) is 0.520. The second-order valence-electron chi connectivity index (χ2n) is 9.25. The Kier molecular flexibility index (Phi) is 7.11. The molecule has 176 valence electrons. The summed E-state index contributed by atoms with van der Waals surface area (Å²) in [6.45, 7) is 10.4. The normalized spacial score (nSPS) is 17.4. The van der Waals surface area contributed by atoms with E-state index in [4.69, 9.17) is 4.98 Å². The molecule has 4 rings (SSSR count). The van der Waals surface area contributed by atoms with E-state index in [1.807, 2.05) is 48.2 Å². The first-order valence-corrected chi connectivity index (χ1v) is 11.9. The van der Waals surface area contributed by atoms with Crippen molar-refractivity contribution in [3.05, 3.63) is 47.9 Å². The summed E-state index contributed by atoms with van der Waals surface area (Å²) in [4.78, 5) is 41.0. The number of likely N-dealkylation sites (tertiary alicyclic amines) is 1. The van der Waals surface area contributed by atoms with Crippen molar-refractivity contribution in [3.63, 3.8) is 0 Å². The van der Waals surface area contributed by atoms with Crippen LogP contribution in [0, 0.1) is 12.8 Å². The third kappa shape index (κ3) is 5.61. The largest absolute Gasteiger partial charge is 0.353 e. The van der Waals surface area contributed by atoms with Gasteiger partial charge in [0.2, 0.25) is 5.91 Å². The summed E-state index contributed by atoms with van der Waals surface area (Å²) in [6.07, 6.45) is 1.42. The van der Waals surface area contributed by atoms with E-state index < -0.39 is 0 Å². The van der Waals surface area contributed by atoms with Gasteiger partial charge in [-0.3, -0.25) is 4.79 Å². The van der Waals surface area contributed by atoms with Gasteiger partial charge in [-0.1, -0.05) is 32.0 Å². The van der Waals surface area contributed by atoms with Crippen LogP contribution in [0.25, 0.3) is 0 Å². The van der Waals surface area contributed by atoms with Crippen LogP contribution in [0.2, 0.25) is 0 Å². The van der Waals surface area contributed by atoms with Gasteiger partial charge in [0.25, 0.3) is 0 Å². The average molecular weight is 451 g/mol. The number of anilines is 2. The van der Waals surface area contributed by atoms with Crippen LogP contribution < -0.4 is 10.2 Å². The SMILES string of the molecule is Cc1cc(N2CCN(C(=O)C3CCN(C(=O)Nc4ccccc4)CC3)CC2)nc(C(C)C)n1. The van der Waals surface area contributed by atoms with Gasteiger partial charge in [0, 0.05) is 68.6 Å². The third-order valence-corrected chi connectivity index (χ3v) is 6.45. The Hall–Kier alpha value is -3.16. The Morgan fingerprint density at radius 2 is 1.61 bits per heavy atom. The van der Waals surface area contributed by atoms with Crippen LogP contribution in [0.3, 0.4) is 0 Å². The summed E-state index contributed by atoms with van der Waals surface area (Å²) in [7, 11) is 0. The molecule has 0 radical (unpaired) electrons. The molecule has 2 aliphatic heterocycles. The maximum atomic E-state index is 13.1. The van der Waals surface area contributed by atoms with Gasteiger partial charge >= 0.3 is 6.03 Å². The highest BCUT2D eigenvalue weighted by molar-refractivity contribution is 5.89. The van der Waals surface area contributed by atoms with Crippen molar-refractivity contribution in [2.75, 3.05) is 49.5 Å². The van der Waals surface area contributed by atoms with Gasteiger partial charge in [-0.2, -0.15) is 0 Å². The zero-order valence-electron chi connectivity index (χ0n) is 19.8. The van der Waals surface area contributed by atoms with Crippen LogP contribution in [0.4, 0.5) is 16.3 Å². The van der Waals surface area contributed by atoms with Crippen molar-refractivity contribution in [3.8, 4) is 0 Å². The summed E-state index contributed by atoms with van der Waals surface area (Å²) in [5.74, 6) is 2.32. The molecular weight excluding hydrogens is 416 g/mol. The molecule has 8 nitrogen and oxygen atoms in total. The van der Waals surface area contributed by atoms with E-state index in [1.54, 1.807) is 4.90 Å². The lowest BCUT2D eigenvalue weighted by Crippen LogP contribution is -2.52. The van der Waals surface area contributed by atoms with Crippen molar-refractivity contribution in [1.29, 1.82) is 0 Å². The van der Waals surface area contributed by atoms with Gasteiger partial charge in [0.1, 0.15) is 11.6 Å². The Bertz CT molecular complexity index is 964. The molecule has 8 heteroatoms. The van der Waals surface area contributed by atoms with Gasteiger partial charge in [0.05, 0.1) is 0 Å². The number of benzene rings is 1. The predicted octanol–water partition coefficient (Wildman–Crippen LogP) is 3.50. The molecule has 2 aliphatic rings. The molecule has 0 atom stereocenters. The van der Waals surface area contributed by atoms with E-state index in [0.29, 0.717) is 39.0 Å². The molecule has 0 spiro atoms. The molecule has 3 heterocycles. The first kappa shape index (κ1) is 23.0. The van der Waals surface area contributed by atoms with E-state index in [1.165, 1.54) is 0 Å². The summed E-state index contributed by atoms with van der Waals surface area (Å²) < 4.78 is 0. The van der Waals surface area contributed by atoms with E-state index in [0.717, 1.165) is 36.1 Å². The summed E-state index contributed by atoms with van der Waals surface area (Å²) in [5, 5.41) is 2.93. The fourth-order valence-corrected chi connectivity index (χ4v) is 4.46. The number of hydrogen-bond donors (Lipinski definition) is 1. The number of urea groups is 1. The molecule has 1 aromatic carbocycles. The lowest BCUT2D eigenvalue weighted by atomic mass is 9.95. The van der Waals surface area contributed by atoms with Crippen molar-refractivity contribution in [2.45, 2.75) is 39.5 Å². The van der Waals surface area contributed by atoms with Gasteiger partial charge in [0.15, 0.2) is 0 Å². The van der Waals surface area contributed by atoms with Gasteiger partial charge in [-0.15, -0.1) is 0 Å². The van der Waals surface area contributed by atoms with E-state index in [2.05, 4.69) is 29.0 Å². The molecule has 2 aromatic rings. The Balaban J connectivity index is 1.26. The van der Waals surface area contributed by atoms with Crippen molar-refractivity contribution < 1.29 is 9.59 Å². The Morgan fingerprint density at radius 3 is 2.24 bits per heavy atom. The number of rotatable bonds is 4. The highest BCUT2D eigenvalue weighted by Crippen LogP contribution is 2.23. The standard InChI is InChI=1S/C25H34N6O2/c1-18(2)23-26-19(3)17-22(28-23)29-13-15-30(16-14-29)24(32)20-9-11-31(12-10-20)25(33)27-21-7-5-4-6-8-21/h4-8,17-18,20H,9-16H2,1-3H3,(H,27,33). The average Bonchev–Trinajstić information content (AvgIpc) is 2.84. The molecule has 1 aromatic heterocycles. The number of nitrogens with zero attached hydrogens (tertiary/aromatic N) is 5. The molecule has 2 saturated heterocycles. The van der Waals surface area contributed by atoms with Crippen LogP contribution in [-0.4, -0.2) is 71.0 Å². The monoisotopic (exact) mass is 450 g/mol. The molecule has 0 unspecified atom stereocenters. The minimum Gasteiger partial charge on any atom is -0.353 e. The highest BCUT2D eigenvalue weighted by Gasteiger charge is 2.32. The molecule has 33 heavy (non-hydrogen) atoms. The van der Waals surface area contributed by atoms with E-state index >= 15 is 0 Å². The lowest BCUT2D eigenvalue weighted by Gasteiger charge is -2.39. The minimum absolute atomic E-state index is 0.00818. The third-order valence-electron chi connectivity index (χ3n) is 6.45. The molecule has 0 saturated carbocycles. The Morgan fingerprint density at radius 1 is 0.939 bits per heavy atom. The van der Waals surface area contributed by atoms with Gasteiger partial charge in [-0.05, 0) is 31.9 Å². The van der Waals surface area contributed by atoms with Gasteiger partial charge < -0.3 is 20.0 Å². The van der Waals surface area contributed by atoms with Crippen LogP contribution in [-0.2, 0) is 4.79 Å². The predicted molar refractivity (Wildman–Crippen MR) is 129 cm³/mol. The highest BCUT2D eigenvalue weighted by atomic mass is 16.2. The van der Waals surface area contributed by atoms with E-state index in [9.17, 15) is 9.59 Å². The molecule has 0 bridgehead atoms. The molecule has 0 aliphatic carbocycles. The number of amides is 3. The number of carbonyl (C=O) groups is 2. The lowest BCUT2D eigenvalue weighted by molar-refractivity contribution is -0.137. The van der Waals surface area contributed by atoms with E-state index in [-0.39, 0.29) is 23.8 Å². The molecule has 1 N–H and O–H groups in total. The number of aromatic nitrogens is 2. The maximum Gasteiger partial charge on any atom is 0.321 e. The maximum absolute atomic E-state index is 13.1. The molecular formula is C25H34N6O2. The molecule has 3 amide bonds. The number of nitrogens with one attached hydrogen (secondary N) is 1. The Labute approximate surface area is 196 Å². The zero-order chi connectivity index (χ0) is 23.4. The first-order valence-electron chi connectivity index (χ1n) is 11.9. The minimum atomic E-state index is -0.0957. The van der Waals surface area contributed by atoms with Crippen LogP contribution in [0.1, 0.15) is 44.1 Å². The van der Waals surface area contributed by atoms with Crippen LogP contribution in [0.15, 0.2) is 36.4 Å². The summed E-state index contributed by atoms with van der Waals surface area (Å²) >= 11 is 0. The number of piperidine rings is 1. The van der Waals surface area contributed by atoms with Crippen molar-refractivity contribution >= 4 is 23.4 Å². The number of carbonyl (C=O) groups excluding carboxylic acids is 2. The zero-order valence-corrected chi connectivity index (χ0v) is 19.8. The van der Waals surface area contributed by atoms with Crippen LogP contribution in [0.5, 0.6) is 0 Å². The first-order chi connectivity index (χ1) is 15.9. The quantitative estimate of drug-likeness (QED) is 0.771. The fourth-order valence-electron chi connectivity index (χ4n) is 4.46.